The Bertz CT molecular complexity index is 1190. The van der Waals surface area contributed by atoms with Crippen molar-refractivity contribution in [1.29, 1.82) is 0 Å². The lowest BCUT2D eigenvalue weighted by atomic mass is 9.97. The molecule has 1 aromatic carbocycles. The van der Waals surface area contributed by atoms with Crippen molar-refractivity contribution in [2.24, 2.45) is 0 Å². The molecule has 0 bridgehead atoms. The highest BCUT2D eigenvalue weighted by atomic mass is 32.1. The van der Waals surface area contributed by atoms with E-state index in [0.717, 1.165) is 22.3 Å². The van der Waals surface area contributed by atoms with Crippen LogP contribution in [0.2, 0.25) is 0 Å². The van der Waals surface area contributed by atoms with Gasteiger partial charge in [-0.05, 0) is 37.1 Å². The highest BCUT2D eigenvalue weighted by Crippen LogP contribution is 2.38. The van der Waals surface area contributed by atoms with Gasteiger partial charge < -0.3 is 19.4 Å². The number of esters is 1. The molecule has 0 unspecified atom stereocenters. The highest BCUT2D eigenvalue weighted by molar-refractivity contribution is 7.15. The number of carbonyl (C=O) groups is 3. The molecule has 0 aliphatic carbocycles. The van der Waals surface area contributed by atoms with Gasteiger partial charge in [0.1, 0.15) is 10.6 Å². The molecular weight excluding hydrogens is 454 g/mol. The van der Waals surface area contributed by atoms with E-state index >= 15 is 0 Å². The van der Waals surface area contributed by atoms with Crippen LogP contribution in [0.4, 0.5) is 5.00 Å². The van der Waals surface area contributed by atoms with E-state index in [-0.39, 0.29) is 18.4 Å². The lowest BCUT2D eigenvalue weighted by Gasteiger charge is -2.33. The molecule has 3 aromatic rings. The standard InChI is InChI=1S/C25H27N3O5S/c1-16-6-7-17(2)18(13-16)19-15-34-23(22(19)25(31)32-3)26-21(29)14-27-8-10-28(11-9-27)24(30)20-5-4-12-33-20/h4-7,12-13,15H,8-11,14H2,1-3H3,(H,26,29). The maximum Gasteiger partial charge on any atom is 0.341 e. The number of furan rings is 1. The molecule has 2 amide bonds. The lowest BCUT2D eigenvalue weighted by Crippen LogP contribution is -2.50. The molecule has 3 heterocycles. The summed E-state index contributed by atoms with van der Waals surface area (Å²) in [5.41, 5.74) is 4.17. The van der Waals surface area contributed by atoms with Gasteiger partial charge in [-0.3, -0.25) is 14.5 Å². The first-order valence-corrected chi connectivity index (χ1v) is 11.9. The minimum atomic E-state index is -0.488. The van der Waals surface area contributed by atoms with E-state index in [1.807, 2.05) is 42.3 Å². The van der Waals surface area contributed by atoms with Crippen molar-refractivity contribution in [3.63, 3.8) is 0 Å². The summed E-state index contributed by atoms with van der Waals surface area (Å²) in [6, 6.07) is 9.39. The molecule has 8 nitrogen and oxygen atoms in total. The van der Waals surface area contributed by atoms with E-state index in [4.69, 9.17) is 9.15 Å². The van der Waals surface area contributed by atoms with Crippen molar-refractivity contribution in [3.05, 3.63) is 64.4 Å². The molecule has 1 N–H and O–H groups in total. The normalized spacial score (nSPS) is 14.1. The number of piperazine rings is 1. The maximum absolute atomic E-state index is 12.8. The number of nitrogens with zero attached hydrogens (tertiary/aromatic N) is 2. The molecule has 1 aliphatic rings. The van der Waals surface area contributed by atoms with Gasteiger partial charge in [0.2, 0.25) is 5.91 Å². The van der Waals surface area contributed by atoms with Crippen LogP contribution < -0.4 is 5.32 Å². The Morgan fingerprint density at radius 2 is 1.85 bits per heavy atom. The van der Waals surface area contributed by atoms with Crippen LogP contribution in [0.25, 0.3) is 11.1 Å². The number of aryl methyl sites for hydroxylation is 2. The van der Waals surface area contributed by atoms with Crippen LogP contribution in [0.3, 0.4) is 0 Å². The summed E-state index contributed by atoms with van der Waals surface area (Å²) in [5, 5.41) is 5.24. The number of amides is 2. The van der Waals surface area contributed by atoms with Crippen molar-refractivity contribution in [3.8, 4) is 11.1 Å². The summed E-state index contributed by atoms with van der Waals surface area (Å²) in [4.78, 5) is 41.6. The zero-order valence-electron chi connectivity index (χ0n) is 19.4. The molecule has 1 saturated heterocycles. The second-order valence-electron chi connectivity index (χ2n) is 8.26. The van der Waals surface area contributed by atoms with E-state index in [0.29, 0.717) is 42.5 Å². The lowest BCUT2D eigenvalue weighted by molar-refractivity contribution is -0.117. The number of methoxy groups -OCH3 is 1. The maximum atomic E-state index is 12.8. The predicted molar refractivity (Wildman–Crippen MR) is 130 cm³/mol. The van der Waals surface area contributed by atoms with Crippen LogP contribution in [-0.2, 0) is 9.53 Å². The first-order chi connectivity index (χ1) is 16.4. The Kier molecular flexibility index (Phi) is 7.14. The van der Waals surface area contributed by atoms with Crippen LogP contribution in [0.1, 0.15) is 32.0 Å². The van der Waals surface area contributed by atoms with Gasteiger partial charge in [-0.1, -0.05) is 23.8 Å². The van der Waals surface area contributed by atoms with Gasteiger partial charge in [-0.2, -0.15) is 0 Å². The second kappa shape index (κ2) is 10.2. The zero-order chi connectivity index (χ0) is 24.2. The number of nitrogens with one attached hydrogen (secondary N) is 1. The molecular formula is C25H27N3O5S. The van der Waals surface area contributed by atoms with Gasteiger partial charge in [0, 0.05) is 37.1 Å². The molecule has 0 saturated carbocycles. The van der Waals surface area contributed by atoms with Crippen LogP contribution in [-0.4, -0.2) is 67.4 Å². The summed E-state index contributed by atoms with van der Waals surface area (Å²) in [7, 11) is 1.34. The van der Waals surface area contributed by atoms with Gasteiger partial charge in [0.05, 0.1) is 19.9 Å². The second-order valence-corrected chi connectivity index (χ2v) is 9.14. The van der Waals surface area contributed by atoms with Crippen molar-refractivity contribution in [1.82, 2.24) is 9.80 Å². The molecule has 2 aromatic heterocycles. The van der Waals surface area contributed by atoms with E-state index in [1.54, 1.807) is 17.0 Å². The molecule has 178 valence electrons. The fourth-order valence-corrected chi connectivity index (χ4v) is 4.98. The molecule has 4 rings (SSSR count). The quantitative estimate of drug-likeness (QED) is 0.539. The van der Waals surface area contributed by atoms with E-state index in [9.17, 15) is 14.4 Å². The number of thiophene rings is 1. The first kappa shape index (κ1) is 23.7. The van der Waals surface area contributed by atoms with Crippen molar-refractivity contribution in [2.75, 3.05) is 45.2 Å². The summed E-state index contributed by atoms with van der Waals surface area (Å²) in [6.45, 7) is 6.32. The SMILES string of the molecule is COC(=O)c1c(-c2cc(C)ccc2C)csc1NC(=O)CN1CCN(C(=O)c2ccco2)CC1. The topological polar surface area (TPSA) is 92.1 Å². The van der Waals surface area contributed by atoms with Gasteiger partial charge in [-0.25, -0.2) is 4.79 Å². The molecule has 0 atom stereocenters. The van der Waals surface area contributed by atoms with Gasteiger partial charge >= 0.3 is 5.97 Å². The average molecular weight is 482 g/mol. The number of hydrogen-bond donors (Lipinski definition) is 1. The number of rotatable bonds is 6. The molecule has 34 heavy (non-hydrogen) atoms. The molecule has 1 aliphatic heterocycles. The van der Waals surface area contributed by atoms with Gasteiger partial charge in [0.25, 0.3) is 5.91 Å². The minimum absolute atomic E-state index is 0.144. The largest absolute Gasteiger partial charge is 0.465 e. The summed E-state index contributed by atoms with van der Waals surface area (Å²) in [6.07, 6.45) is 1.48. The van der Waals surface area contributed by atoms with Crippen molar-refractivity contribution >= 4 is 34.1 Å². The Balaban J connectivity index is 1.42. The number of benzene rings is 1. The van der Waals surface area contributed by atoms with E-state index < -0.39 is 5.97 Å². The minimum Gasteiger partial charge on any atom is -0.465 e. The third-order valence-electron chi connectivity index (χ3n) is 5.88. The molecule has 0 radical (unpaired) electrons. The number of carbonyl (C=O) groups excluding carboxylic acids is 3. The number of anilines is 1. The number of ether oxygens (including phenoxy) is 1. The highest BCUT2D eigenvalue weighted by Gasteiger charge is 2.26. The molecule has 9 heteroatoms. The Hall–Kier alpha value is -3.43. The first-order valence-electron chi connectivity index (χ1n) is 11.0. The third-order valence-corrected chi connectivity index (χ3v) is 6.77. The molecule has 1 fully saturated rings. The van der Waals surface area contributed by atoms with E-state index in [1.165, 1.54) is 24.7 Å². The third kappa shape index (κ3) is 5.05. The monoisotopic (exact) mass is 481 g/mol. The predicted octanol–water partition coefficient (Wildman–Crippen LogP) is 3.81. The summed E-state index contributed by atoms with van der Waals surface area (Å²) in [5.74, 6) is -0.531. The van der Waals surface area contributed by atoms with Crippen LogP contribution in [0.15, 0.2) is 46.4 Å². The van der Waals surface area contributed by atoms with Crippen molar-refractivity contribution in [2.45, 2.75) is 13.8 Å². The van der Waals surface area contributed by atoms with Crippen LogP contribution in [0, 0.1) is 13.8 Å². The van der Waals surface area contributed by atoms with Crippen molar-refractivity contribution < 1.29 is 23.5 Å². The van der Waals surface area contributed by atoms with Gasteiger partial charge in [0.15, 0.2) is 5.76 Å². The fraction of sp³-hybridized carbons (Fsp3) is 0.320. The Morgan fingerprint density at radius 1 is 1.09 bits per heavy atom. The summed E-state index contributed by atoms with van der Waals surface area (Å²) < 4.78 is 10.2. The van der Waals surface area contributed by atoms with E-state index in [2.05, 4.69) is 5.32 Å². The summed E-state index contributed by atoms with van der Waals surface area (Å²) >= 11 is 1.31. The Labute approximate surface area is 202 Å². The Morgan fingerprint density at radius 3 is 2.53 bits per heavy atom. The van der Waals surface area contributed by atoms with Gasteiger partial charge in [-0.15, -0.1) is 11.3 Å². The number of hydrogen-bond acceptors (Lipinski definition) is 7. The average Bonchev–Trinajstić information content (AvgIpc) is 3.51. The fourth-order valence-electron chi connectivity index (χ4n) is 4.01. The zero-order valence-corrected chi connectivity index (χ0v) is 20.2. The smallest absolute Gasteiger partial charge is 0.341 e. The van der Waals surface area contributed by atoms with Crippen LogP contribution in [0.5, 0.6) is 0 Å². The molecule has 0 spiro atoms. The van der Waals surface area contributed by atoms with Crippen LogP contribution >= 0.6 is 11.3 Å².